The number of carbonyl (C=O) groups excluding carboxylic acids is 3. The molecule has 0 aliphatic carbocycles. The van der Waals surface area contributed by atoms with Crippen molar-refractivity contribution < 1.29 is 67.5 Å². The Labute approximate surface area is 218 Å². The van der Waals surface area contributed by atoms with E-state index in [0.29, 0.717) is 5.56 Å². The van der Waals surface area contributed by atoms with Crippen LogP contribution in [0.25, 0.3) is 0 Å². The Bertz CT molecular complexity index is 920. The Hall–Kier alpha value is -2.71. The minimum atomic E-state index is -0.709. The fraction of sp³-hybridized carbons (Fsp3) is 0.348. The van der Waals surface area contributed by atoms with E-state index < -0.39 is 29.5 Å². The molecule has 185 valence electrons. The molecule has 0 unspecified atom stereocenters. The molecule has 1 saturated heterocycles. The summed E-state index contributed by atoms with van der Waals surface area (Å²) in [5.74, 6) is -3.29. The van der Waals surface area contributed by atoms with Gasteiger partial charge in [-0.15, -0.1) is 0 Å². The molecule has 3 radical (unpaired) electrons. The fourth-order valence-electron chi connectivity index (χ4n) is 2.55. The van der Waals surface area contributed by atoms with Crippen LogP contribution in [0.3, 0.4) is 0 Å². The maximum absolute atomic E-state index is 13.0. The van der Waals surface area contributed by atoms with Crippen LogP contribution < -0.4 is 18.9 Å². The number of carbonyl (C=O) groups is 3. The molecule has 1 fully saturated rings. The number of aliphatic hydroxyl groups is 1. The van der Waals surface area contributed by atoms with E-state index in [2.05, 4.69) is 14.2 Å². The number of hydrogen-bond acceptors (Lipinski definition) is 8. The molecule has 0 atom stereocenters. The first kappa shape index (κ1) is 34.5. The predicted molar refractivity (Wildman–Crippen MR) is 120 cm³/mol. The summed E-state index contributed by atoms with van der Waals surface area (Å²) in [6.45, 7) is 1.70. The second-order valence-corrected chi connectivity index (χ2v) is 6.53. The van der Waals surface area contributed by atoms with Crippen LogP contribution in [-0.2, 0) is 25.6 Å². The van der Waals surface area contributed by atoms with Gasteiger partial charge in [0.25, 0.3) is 0 Å². The molecule has 0 aromatic heterocycles. The van der Waals surface area contributed by atoms with Crippen molar-refractivity contribution in [1.29, 1.82) is 0 Å². The average Bonchev–Trinajstić information content (AvgIpc) is 3.42. The first-order valence-corrected chi connectivity index (χ1v) is 9.79. The number of methoxy groups -OCH3 is 3. The monoisotopic (exact) mass is 487 g/mol. The van der Waals surface area contributed by atoms with Gasteiger partial charge < -0.3 is 25.5 Å². The third-order valence-corrected chi connectivity index (χ3v) is 4.13. The van der Waals surface area contributed by atoms with E-state index in [4.69, 9.17) is 9.84 Å². The van der Waals surface area contributed by atoms with E-state index >= 15 is 0 Å². The molecule has 0 bridgehead atoms. The summed E-state index contributed by atoms with van der Waals surface area (Å²) in [5.41, 5.74) is 0.391. The van der Waals surface area contributed by atoms with E-state index in [1.165, 1.54) is 46.3 Å². The van der Waals surface area contributed by atoms with E-state index in [9.17, 15) is 23.2 Å². The van der Waals surface area contributed by atoms with Crippen molar-refractivity contribution in [2.45, 2.75) is 19.4 Å². The van der Waals surface area contributed by atoms with Crippen LogP contribution in [0.2, 0.25) is 0 Å². The Morgan fingerprint density at radius 3 is 1.49 bits per heavy atom. The van der Waals surface area contributed by atoms with Gasteiger partial charge in [0.15, 0.2) is 0 Å². The Morgan fingerprint density at radius 1 is 0.800 bits per heavy atom. The molecule has 0 amide bonds. The van der Waals surface area contributed by atoms with Crippen molar-refractivity contribution >= 4 is 26.3 Å². The zero-order valence-electron chi connectivity index (χ0n) is 21.1. The van der Waals surface area contributed by atoms with Gasteiger partial charge >= 0.3 is 36.8 Å². The van der Waals surface area contributed by atoms with Gasteiger partial charge in [-0.1, -0.05) is 0 Å². The van der Waals surface area contributed by atoms with E-state index in [1.807, 2.05) is 0 Å². The number of rotatable bonds is 4. The summed E-state index contributed by atoms with van der Waals surface area (Å²) in [6, 6.07) is 6.78. The molecule has 3 rings (SSSR count). The minimum absolute atomic E-state index is 0. The van der Waals surface area contributed by atoms with Crippen molar-refractivity contribution in [3.63, 3.8) is 0 Å². The van der Waals surface area contributed by atoms with Gasteiger partial charge in [-0.05, 0) is 54.8 Å². The third kappa shape index (κ3) is 12.5. The van der Waals surface area contributed by atoms with Gasteiger partial charge in [0, 0.05) is 21.6 Å². The number of aliphatic hydroxyl groups excluding tert-OH is 1. The smallest absolute Gasteiger partial charge is 1.00 e. The second kappa shape index (κ2) is 18.6. The molecule has 0 saturated carbocycles. The fourth-order valence-corrected chi connectivity index (χ4v) is 2.55. The van der Waals surface area contributed by atoms with Crippen molar-refractivity contribution in [1.82, 2.24) is 0 Å². The first-order chi connectivity index (χ1) is 15.7. The molecule has 1 heterocycles. The SMILES string of the molecule is C1CCOC1.COC(=O)c1cc(F)cc(C(=O)OC)c1.COC(=O)c1cc(F)cc(CO)c1.[B].[H-].[Li+]. The predicted octanol–water partition coefficient (Wildman–Crippen LogP) is 0.0360. The second-order valence-electron chi connectivity index (χ2n) is 6.53. The van der Waals surface area contributed by atoms with Gasteiger partial charge in [-0.3, -0.25) is 0 Å². The van der Waals surface area contributed by atoms with Crippen LogP contribution in [0.4, 0.5) is 8.78 Å². The molecule has 35 heavy (non-hydrogen) atoms. The topological polar surface area (TPSA) is 108 Å². The normalized spacial score (nSPS) is 11.1. The van der Waals surface area contributed by atoms with E-state index in [-0.39, 0.29) is 52.0 Å². The van der Waals surface area contributed by atoms with E-state index in [1.54, 1.807) is 0 Å². The quantitative estimate of drug-likeness (QED) is 0.366. The molecular weight excluding hydrogens is 460 g/mol. The van der Waals surface area contributed by atoms with Gasteiger partial charge in [0.2, 0.25) is 0 Å². The summed E-state index contributed by atoms with van der Waals surface area (Å²) in [7, 11) is 3.56. The van der Waals surface area contributed by atoms with Crippen LogP contribution >= 0.6 is 0 Å². The number of benzene rings is 2. The van der Waals surface area contributed by atoms with Crippen molar-refractivity contribution in [3.05, 3.63) is 70.3 Å². The van der Waals surface area contributed by atoms with Crippen molar-refractivity contribution in [3.8, 4) is 0 Å². The van der Waals surface area contributed by atoms with Gasteiger partial charge in [-0.25, -0.2) is 23.2 Å². The summed E-state index contributed by atoms with van der Waals surface area (Å²) >= 11 is 0. The van der Waals surface area contributed by atoms with Crippen LogP contribution in [-0.4, -0.2) is 66.0 Å². The summed E-state index contributed by atoms with van der Waals surface area (Å²) in [5, 5.41) is 8.72. The molecule has 1 aliphatic heterocycles. The molecular formula is C23H27BF2LiO8. The molecule has 8 nitrogen and oxygen atoms in total. The summed E-state index contributed by atoms with van der Waals surface area (Å²) in [6.07, 6.45) is 2.56. The summed E-state index contributed by atoms with van der Waals surface area (Å²) in [4.78, 5) is 33.1. The Balaban J connectivity index is -0.000000475. The molecule has 12 heteroatoms. The van der Waals surface area contributed by atoms with Crippen LogP contribution in [0.1, 0.15) is 50.9 Å². The molecule has 2 aromatic carbocycles. The number of hydrogen-bond donors (Lipinski definition) is 1. The molecule has 1 N–H and O–H groups in total. The first-order valence-electron chi connectivity index (χ1n) is 9.79. The van der Waals surface area contributed by atoms with Gasteiger partial charge in [0.05, 0.1) is 44.6 Å². The van der Waals surface area contributed by atoms with Crippen LogP contribution in [0.5, 0.6) is 0 Å². The number of halogens is 2. The maximum Gasteiger partial charge on any atom is 1.00 e. The maximum atomic E-state index is 13.0. The van der Waals surface area contributed by atoms with Crippen LogP contribution in [0.15, 0.2) is 36.4 Å². The Kier molecular flexibility index (Phi) is 18.3. The number of esters is 3. The van der Waals surface area contributed by atoms with E-state index in [0.717, 1.165) is 37.5 Å². The molecule has 2 aromatic rings. The number of ether oxygens (including phenoxy) is 4. The summed E-state index contributed by atoms with van der Waals surface area (Å²) < 4.78 is 43.9. The molecule has 1 aliphatic rings. The third-order valence-electron chi connectivity index (χ3n) is 4.13. The molecule has 0 spiro atoms. The van der Waals surface area contributed by atoms with Crippen molar-refractivity contribution in [2.24, 2.45) is 0 Å². The zero-order valence-corrected chi connectivity index (χ0v) is 20.1. The minimum Gasteiger partial charge on any atom is -1.00 e. The average molecular weight is 487 g/mol. The van der Waals surface area contributed by atoms with Gasteiger partial charge in [0.1, 0.15) is 11.6 Å². The zero-order chi connectivity index (χ0) is 24.8. The Morgan fingerprint density at radius 2 is 1.17 bits per heavy atom. The van der Waals surface area contributed by atoms with Crippen LogP contribution in [0, 0.1) is 11.6 Å². The van der Waals surface area contributed by atoms with Gasteiger partial charge in [-0.2, -0.15) is 0 Å². The standard InChI is InChI=1S/C10H9FO4.C9H9FO3.C4H8O.B.Li.H/c1-14-9(12)6-3-7(10(13)15-2)5-8(11)4-6;1-13-9(12)7-2-6(5-11)3-8(10)4-7;1-2-4-5-3-1;;;/h3-5H,1-2H3;2-4,11H,5H2,1H3;1-4H2;;;/q;;;;+1;-1. The van der Waals surface area contributed by atoms with Crippen molar-refractivity contribution in [2.75, 3.05) is 34.5 Å². The largest absolute Gasteiger partial charge is 1.00 e.